The zero-order valence-corrected chi connectivity index (χ0v) is 12.4. The molecule has 1 aromatic heterocycles. The molecule has 0 amide bonds. The van der Waals surface area contributed by atoms with Gasteiger partial charge in [0.2, 0.25) is 0 Å². The fraction of sp³-hybridized carbons (Fsp3) is 0.714. The second-order valence-electron chi connectivity index (χ2n) is 5.98. The molecule has 3 heterocycles. The summed E-state index contributed by atoms with van der Waals surface area (Å²) in [6.45, 7) is 3.39. The van der Waals surface area contributed by atoms with Gasteiger partial charge in [0.05, 0.1) is 12.2 Å². The van der Waals surface area contributed by atoms with E-state index in [1.54, 1.807) is 4.90 Å². The first kappa shape index (κ1) is 15.5. The molecule has 2 saturated heterocycles. The van der Waals surface area contributed by atoms with Gasteiger partial charge in [0.1, 0.15) is 0 Å². The Morgan fingerprint density at radius 1 is 1.14 bits per heavy atom. The highest BCUT2D eigenvalue weighted by Gasteiger charge is 2.42. The maximum atomic E-state index is 13.0. The summed E-state index contributed by atoms with van der Waals surface area (Å²) in [5.41, 5.74) is -1.14. The van der Waals surface area contributed by atoms with Crippen LogP contribution in [0.5, 0.6) is 0 Å². The van der Waals surface area contributed by atoms with Gasteiger partial charge < -0.3 is 14.5 Å². The molecule has 1 spiro atoms. The number of likely N-dealkylation sites (N-methyl/N-ethyl adjacent to an activating group) is 1. The molecule has 0 atom stereocenters. The Bertz CT molecular complexity index is 529. The van der Waals surface area contributed by atoms with Crippen molar-refractivity contribution in [3.8, 4) is 0 Å². The van der Waals surface area contributed by atoms with Gasteiger partial charge in [-0.25, -0.2) is 9.97 Å². The number of aromatic nitrogens is 2. The van der Waals surface area contributed by atoms with Crippen molar-refractivity contribution in [3.63, 3.8) is 0 Å². The highest BCUT2D eigenvalue weighted by atomic mass is 19.4. The third kappa shape index (κ3) is 3.03. The summed E-state index contributed by atoms with van der Waals surface area (Å²) < 4.78 is 45.1. The van der Waals surface area contributed by atoms with Crippen LogP contribution in [0.2, 0.25) is 0 Å². The van der Waals surface area contributed by atoms with Crippen molar-refractivity contribution in [1.29, 1.82) is 0 Å². The molecular formula is C14H19F3N4O. The van der Waals surface area contributed by atoms with Crippen LogP contribution in [0.3, 0.4) is 0 Å². The van der Waals surface area contributed by atoms with Crippen molar-refractivity contribution < 1.29 is 17.9 Å². The Hall–Kier alpha value is -1.41. The van der Waals surface area contributed by atoms with Gasteiger partial charge in [0, 0.05) is 38.6 Å². The number of ether oxygens (including phenoxy) is 1. The fourth-order valence-electron chi connectivity index (χ4n) is 3.23. The van der Waals surface area contributed by atoms with Crippen LogP contribution in [0.1, 0.15) is 18.5 Å². The standard InChI is InChI=1S/C14H19F3N4O/c1-20-8-9-22-13(10-20)2-6-21(7-3-13)12-11(14(15,16)17)18-4-5-19-12/h4-5H,2-3,6-10H2,1H3. The van der Waals surface area contributed by atoms with Gasteiger partial charge in [-0.15, -0.1) is 0 Å². The highest BCUT2D eigenvalue weighted by molar-refractivity contribution is 5.45. The molecule has 0 radical (unpaired) electrons. The van der Waals surface area contributed by atoms with E-state index in [0.717, 1.165) is 19.3 Å². The molecule has 122 valence electrons. The fourth-order valence-corrected chi connectivity index (χ4v) is 3.23. The Balaban J connectivity index is 1.75. The number of anilines is 1. The van der Waals surface area contributed by atoms with Gasteiger partial charge in [-0.2, -0.15) is 13.2 Å². The predicted molar refractivity (Wildman–Crippen MR) is 74.7 cm³/mol. The first-order valence-electron chi connectivity index (χ1n) is 7.35. The molecule has 22 heavy (non-hydrogen) atoms. The molecule has 2 aliphatic rings. The summed E-state index contributed by atoms with van der Waals surface area (Å²) in [6, 6.07) is 0. The zero-order valence-electron chi connectivity index (χ0n) is 12.4. The lowest BCUT2D eigenvalue weighted by Crippen LogP contribution is -2.56. The number of hydrogen-bond donors (Lipinski definition) is 0. The van der Waals surface area contributed by atoms with Crippen molar-refractivity contribution in [3.05, 3.63) is 18.1 Å². The van der Waals surface area contributed by atoms with Crippen LogP contribution in [0.25, 0.3) is 0 Å². The number of halogens is 3. The lowest BCUT2D eigenvalue weighted by molar-refractivity contribution is -0.141. The van der Waals surface area contributed by atoms with Crippen LogP contribution < -0.4 is 4.90 Å². The number of alkyl halides is 3. The molecule has 2 fully saturated rings. The van der Waals surface area contributed by atoms with E-state index in [2.05, 4.69) is 14.9 Å². The lowest BCUT2D eigenvalue weighted by Gasteiger charge is -2.46. The molecule has 0 unspecified atom stereocenters. The van der Waals surface area contributed by atoms with Crippen LogP contribution in [0.4, 0.5) is 19.0 Å². The molecule has 2 aliphatic heterocycles. The number of nitrogens with zero attached hydrogens (tertiary/aromatic N) is 4. The summed E-state index contributed by atoms with van der Waals surface area (Å²) in [4.78, 5) is 11.3. The van der Waals surface area contributed by atoms with E-state index in [1.165, 1.54) is 6.20 Å². The molecule has 0 bridgehead atoms. The average molecular weight is 316 g/mol. The summed E-state index contributed by atoms with van der Waals surface area (Å²) in [7, 11) is 2.04. The SMILES string of the molecule is CN1CCOC2(CCN(c3nccnc3C(F)(F)F)CC2)C1. The Morgan fingerprint density at radius 3 is 2.45 bits per heavy atom. The number of hydrogen-bond acceptors (Lipinski definition) is 5. The van der Waals surface area contributed by atoms with E-state index in [4.69, 9.17) is 4.74 Å². The van der Waals surface area contributed by atoms with E-state index in [-0.39, 0.29) is 11.4 Å². The molecule has 5 nitrogen and oxygen atoms in total. The third-order valence-corrected chi connectivity index (χ3v) is 4.36. The van der Waals surface area contributed by atoms with Crippen molar-refractivity contribution in [2.75, 3.05) is 44.7 Å². The molecule has 8 heteroatoms. The maximum absolute atomic E-state index is 13.0. The van der Waals surface area contributed by atoms with Crippen molar-refractivity contribution in [2.24, 2.45) is 0 Å². The van der Waals surface area contributed by atoms with Gasteiger partial charge in [-0.1, -0.05) is 0 Å². The van der Waals surface area contributed by atoms with Gasteiger partial charge in [-0.05, 0) is 19.9 Å². The molecule has 0 saturated carbocycles. The maximum Gasteiger partial charge on any atom is 0.437 e. The van der Waals surface area contributed by atoms with Crippen LogP contribution in [0, 0.1) is 0 Å². The molecule has 1 aromatic rings. The first-order valence-corrected chi connectivity index (χ1v) is 7.35. The molecule has 0 aromatic carbocycles. The molecule has 3 rings (SSSR count). The van der Waals surface area contributed by atoms with Gasteiger partial charge in [0.15, 0.2) is 11.5 Å². The second kappa shape index (κ2) is 5.66. The zero-order chi connectivity index (χ0) is 15.8. The summed E-state index contributed by atoms with van der Waals surface area (Å²) >= 11 is 0. The minimum absolute atomic E-state index is 0.0750. The van der Waals surface area contributed by atoms with Crippen LogP contribution in [-0.4, -0.2) is 60.3 Å². The van der Waals surface area contributed by atoms with E-state index in [9.17, 15) is 13.2 Å². The number of piperidine rings is 1. The molecule has 0 aliphatic carbocycles. The lowest BCUT2D eigenvalue weighted by atomic mass is 9.89. The topological polar surface area (TPSA) is 41.5 Å². The normalized spacial score (nSPS) is 23.0. The van der Waals surface area contributed by atoms with Gasteiger partial charge in [-0.3, -0.25) is 0 Å². The van der Waals surface area contributed by atoms with Gasteiger partial charge >= 0.3 is 6.18 Å². The molecular weight excluding hydrogens is 297 g/mol. The van der Waals surface area contributed by atoms with Crippen LogP contribution >= 0.6 is 0 Å². The third-order valence-electron chi connectivity index (χ3n) is 4.36. The van der Waals surface area contributed by atoms with E-state index < -0.39 is 11.9 Å². The van der Waals surface area contributed by atoms with Crippen molar-refractivity contribution >= 4 is 5.82 Å². The van der Waals surface area contributed by atoms with Crippen LogP contribution in [-0.2, 0) is 10.9 Å². The number of morpholine rings is 1. The van der Waals surface area contributed by atoms with Crippen molar-refractivity contribution in [2.45, 2.75) is 24.6 Å². The van der Waals surface area contributed by atoms with Gasteiger partial charge in [0.25, 0.3) is 0 Å². The molecule has 0 N–H and O–H groups in total. The second-order valence-corrected chi connectivity index (χ2v) is 5.98. The smallest absolute Gasteiger partial charge is 0.372 e. The Kier molecular flexibility index (Phi) is 3.98. The van der Waals surface area contributed by atoms with E-state index in [1.807, 2.05) is 7.05 Å². The number of rotatable bonds is 1. The predicted octanol–water partition coefficient (Wildman–Crippen LogP) is 1.80. The van der Waals surface area contributed by atoms with Crippen molar-refractivity contribution in [1.82, 2.24) is 14.9 Å². The minimum Gasteiger partial charge on any atom is -0.372 e. The minimum atomic E-state index is -4.49. The highest BCUT2D eigenvalue weighted by Crippen LogP contribution is 2.36. The summed E-state index contributed by atoms with van der Waals surface area (Å²) in [5.74, 6) is -0.0750. The summed E-state index contributed by atoms with van der Waals surface area (Å²) in [5, 5.41) is 0. The Morgan fingerprint density at radius 2 is 1.82 bits per heavy atom. The average Bonchev–Trinajstić information content (AvgIpc) is 2.47. The quantitative estimate of drug-likeness (QED) is 0.790. The monoisotopic (exact) mass is 316 g/mol. The van der Waals surface area contributed by atoms with E-state index >= 15 is 0 Å². The summed E-state index contributed by atoms with van der Waals surface area (Å²) in [6.07, 6.45) is -0.701. The van der Waals surface area contributed by atoms with E-state index in [0.29, 0.717) is 32.5 Å². The Labute approximate surface area is 127 Å². The van der Waals surface area contributed by atoms with Crippen LogP contribution in [0.15, 0.2) is 12.4 Å². The largest absolute Gasteiger partial charge is 0.437 e. The first-order chi connectivity index (χ1) is 10.4.